The van der Waals surface area contributed by atoms with E-state index in [-0.39, 0.29) is 11.1 Å². The van der Waals surface area contributed by atoms with E-state index in [1.54, 1.807) is 19.2 Å². The third-order valence-electron chi connectivity index (χ3n) is 2.60. The lowest BCUT2D eigenvalue weighted by molar-refractivity contribution is 0.0781. The fourth-order valence-electron chi connectivity index (χ4n) is 1.72. The van der Waals surface area contributed by atoms with Crippen LogP contribution in [-0.2, 0) is 6.54 Å². The summed E-state index contributed by atoms with van der Waals surface area (Å²) in [6.07, 6.45) is 1.40. The second-order valence-electron chi connectivity index (χ2n) is 4.19. The number of hydrogen-bond acceptors (Lipinski definition) is 5. The Kier molecular flexibility index (Phi) is 4.52. The summed E-state index contributed by atoms with van der Waals surface area (Å²) in [5.41, 5.74) is 0.475. The van der Waals surface area contributed by atoms with Crippen molar-refractivity contribution < 1.29 is 4.79 Å². The molecular formula is C12H15ClN6O. The maximum absolute atomic E-state index is 12.3. The minimum absolute atomic E-state index is 0.162. The fraction of sp³-hybridized carbons (Fsp3) is 0.333. The van der Waals surface area contributed by atoms with Gasteiger partial charge in [0.1, 0.15) is 23.1 Å². The molecule has 8 heteroatoms. The van der Waals surface area contributed by atoms with Crippen molar-refractivity contribution in [2.75, 3.05) is 18.9 Å². The Labute approximate surface area is 121 Å². The molecule has 0 aliphatic carbocycles. The normalized spacial score (nSPS) is 10.3. The van der Waals surface area contributed by atoms with Crippen molar-refractivity contribution in [3.8, 4) is 0 Å². The molecule has 0 aliphatic rings. The first-order valence-electron chi connectivity index (χ1n) is 6.11. The molecule has 20 heavy (non-hydrogen) atoms. The maximum atomic E-state index is 12.3. The van der Waals surface area contributed by atoms with Gasteiger partial charge in [-0.2, -0.15) is 5.10 Å². The summed E-state index contributed by atoms with van der Waals surface area (Å²) in [6, 6.07) is 3.22. The van der Waals surface area contributed by atoms with Crippen LogP contribution >= 0.6 is 11.6 Å². The van der Waals surface area contributed by atoms with Gasteiger partial charge < -0.3 is 10.2 Å². The maximum Gasteiger partial charge on any atom is 0.254 e. The minimum Gasteiger partial charge on any atom is -0.370 e. The number of pyridine rings is 1. The van der Waals surface area contributed by atoms with Crippen LogP contribution in [0.2, 0.25) is 5.15 Å². The largest absolute Gasteiger partial charge is 0.370 e. The summed E-state index contributed by atoms with van der Waals surface area (Å²) in [5.74, 6) is 1.04. The molecule has 1 amide bonds. The zero-order valence-electron chi connectivity index (χ0n) is 11.2. The van der Waals surface area contributed by atoms with E-state index in [4.69, 9.17) is 11.6 Å². The quantitative estimate of drug-likeness (QED) is 0.817. The van der Waals surface area contributed by atoms with Crippen molar-refractivity contribution in [3.63, 3.8) is 0 Å². The Hall–Kier alpha value is -2.15. The Bertz CT molecular complexity index is 586. The lowest BCUT2D eigenvalue weighted by Gasteiger charge is -2.16. The van der Waals surface area contributed by atoms with Crippen molar-refractivity contribution in [2.45, 2.75) is 13.5 Å². The van der Waals surface area contributed by atoms with Gasteiger partial charge in [-0.25, -0.2) is 9.97 Å². The lowest BCUT2D eigenvalue weighted by atomic mass is 10.2. The molecule has 0 aromatic carbocycles. The van der Waals surface area contributed by atoms with Crippen LogP contribution < -0.4 is 5.32 Å². The second-order valence-corrected chi connectivity index (χ2v) is 4.57. The first-order valence-corrected chi connectivity index (χ1v) is 6.49. The number of amides is 1. The molecule has 7 nitrogen and oxygen atoms in total. The summed E-state index contributed by atoms with van der Waals surface area (Å²) >= 11 is 5.93. The van der Waals surface area contributed by atoms with Crippen molar-refractivity contribution in [2.24, 2.45) is 0 Å². The predicted molar refractivity (Wildman–Crippen MR) is 75.6 cm³/mol. The highest BCUT2D eigenvalue weighted by atomic mass is 35.5. The van der Waals surface area contributed by atoms with Gasteiger partial charge in [-0.05, 0) is 19.1 Å². The molecule has 2 rings (SSSR count). The highest BCUT2D eigenvalue weighted by Crippen LogP contribution is 2.16. The smallest absolute Gasteiger partial charge is 0.254 e. The van der Waals surface area contributed by atoms with Crippen molar-refractivity contribution in [3.05, 3.63) is 35.0 Å². The molecule has 2 aromatic rings. The number of carbonyl (C=O) groups is 1. The molecule has 0 bridgehead atoms. The highest BCUT2D eigenvalue weighted by Gasteiger charge is 2.15. The van der Waals surface area contributed by atoms with Crippen molar-refractivity contribution in [1.82, 2.24) is 25.1 Å². The summed E-state index contributed by atoms with van der Waals surface area (Å²) < 4.78 is 0. The van der Waals surface area contributed by atoms with E-state index in [2.05, 4.69) is 25.5 Å². The molecule has 2 N–H and O–H groups in total. The van der Waals surface area contributed by atoms with Crippen LogP contribution in [0.1, 0.15) is 23.1 Å². The van der Waals surface area contributed by atoms with Crippen LogP contribution in [0.15, 0.2) is 18.5 Å². The molecule has 0 unspecified atom stereocenters. The van der Waals surface area contributed by atoms with Crippen LogP contribution in [0.3, 0.4) is 0 Å². The lowest BCUT2D eigenvalue weighted by Crippen LogP contribution is -2.27. The van der Waals surface area contributed by atoms with E-state index in [1.807, 2.05) is 6.92 Å². The number of aromatic nitrogens is 4. The van der Waals surface area contributed by atoms with E-state index in [0.717, 1.165) is 0 Å². The molecule has 0 radical (unpaired) electrons. The molecule has 2 aromatic heterocycles. The molecule has 0 saturated carbocycles. The number of H-pyrrole nitrogens is 1. The molecule has 106 valence electrons. The number of halogens is 1. The Morgan fingerprint density at radius 3 is 2.95 bits per heavy atom. The average molecular weight is 295 g/mol. The molecule has 0 aliphatic heterocycles. The molecular weight excluding hydrogens is 280 g/mol. The van der Waals surface area contributed by atoms with E-state index in [1.165, 1.54) is 11.2 Å². The van der Waals surface area contributed by atoms with Gasteiger partial charge >= 0.3 is 0 Å². The van der Waals surface area contributed by atoms with Gasteiger partial charge in [-0.15, -0.1) is 0 Å². The van der Waals surface area contributed by atoms with Gasteiger partial charge in [0.2, 0.25) is 0 Å². The minimum atomic E-state index is -0.162. The third kappa shape index (κ3) is 3.45. The fourth-order valence-corrected chi connectivity index (χ4v) is 1.92. The van der Waals surface area contributed by atoms with Crippen molar-refractivity contribution >= 4 is 23.3 Å². The molecule has 2 heterocycles. The van der Waals surface area contributed by atoms with Crippen LogP contribution in [0, 0.1) is 0 Å². The van der Waals surface area contributed by atoms with Crippen LogP contribution in [0.4, 0.5) is 5.82 Å². The van der Waals surface area contributed by atoms with Gasteiger partial charge in [0.05, 0.1) is 6.54 Å². The zero-order chi connectivity index (χ0) is 14.5. The van der Waals surface area contributed by atoms with Gasteiger partial charge in [-0.3, -0.25) is 9.89 Å². The van der Waals surface area contributed by atoms with E-state index in [0.29, 0.717) is 30.3 Å². The Morgan fingerprint density at radius 1 is 1.50 bits per heavy atom. The SMILES string of the molecule is CCNc1cc(C(=O)N(C)Cc2ncn[nH]2)cc(Cl)n1. The van der Waals surface area contributed by atoms with Crippen LogP contribution in [0.5, 0.6) is 0 Å². The Balaban J connectivity index is 2.15. The molecule has 0 spiro atoms. The standard InChI is InChI=1S/C12H15ClN6O/c1-3-14-10-5-8(4-9(13)17-10)12(20)19(2)6-11-15-7-16-18-11/h4-5,7H,3,6H2,1-2H3,(H,14,17)(H,15,16,18). The second kappa shape index (κ2) is 6.33. The number of nitrogens with one attached hydrogen (secondary N) is 2. The zero-order valence-corrected chi connectivity index (χ0v) is 12.0. The highest BCUT2D eigenvalue weighted by molar-refractivity contribution is 6.29. The van der Waals surface area contributed by atoms with E-state index >= 15 is 0 Å². The number of rotatable bonds is 5. The number of hydrogen-bond donors (Lipinski definition) is 2. The monoisotopic (exact) mass is 294 g/mol. The third-order valence-corrected chi connectivity index (χ3v) is 2.79. The summed E-state index contributed by atoms with van der Waals surface area (Å²) in [6.45, 7) is 2.99. The molecule has 0 atom stereocenters. The Morgan fingerprint density at radius 2 is 2.30 bits per heavy atom. The first-order chi connectivity index (χ1) is 9.60. The van der Waals surface area contributed by atoms with Crippen molar-refractivity contribution in [1.29, 1.82) is 0 Å². The predicted octanol–water partition coefficient (Wildman–Crippen LogP) is 1.56. The van der Waals surface area contributed by atoms with E-state index < -0.39 is 0 Å². The van der Waals surface area contributed by atoms with Crippen LogP contribution in [-0.4, -0.2) is 44.6 Å². The molecule has 0 fully saturated rings. The summed E-state index contributed by atoms with van der Waals surface area (Å²) in [7, 11) is 1.69. The molecule has 0 saturated heterocycles. The summed E-state index contributed by atoms with van der Waals surface area (Å²) in [4.78, 5) is 21.9. The van der Waals surface area contributed by atoms with Gasteiger partial charge in [0, 0.05) is 19.2 Å². The summed E-state index contributed by atoms with van der Waals surface area (Å²) in [5, 5.41) is 9.77. The topological polar surface area (TPSA) is 86.8 Å². The first kappa shape index (κ1) is 14.3. The number of anilines is 1. The van der Waals surface area contributed by atoms with Crippen LogP contribution in [0.25, 0.3) is 0 Å². The van der Waals surface area contributed by atoms with Gasteiger partial charge in [0.25, 0.3) is 5.91 Å². The number of nitrogens with zero attached hydrogens (tertiary/aromatic N) is 4. The average Bonchev–Trinajstić information content (AvgIpc) is 2.90. The van der Waals surface area contributed by atoms with Gasteiger partial charge in [-0.1, -0.05) is 11.6 Å². The number of carbonyl (C=O) groups excluding carboxylic acids is 1. The number of aromatic amines is 1. The van der Waals surface area contributed by atoms with E-state index in [9.17, 15) is 4.79 Å². The van der Waals surface area contributed by atoms with Gasteiger partial charge in [0.15, 0.2) is 0 Å².